The van der Waals surface area contributed by atoms with Crippen LogP contribution in [0.25, 0.3) is 0 Å². The van der Waals surface area contributed by atoms with Gasteiger partial charge in [-0.15, -0.1) is 11.3 Å². The Hall–Kier alpha value is -1.89. The Morgan fingerprint density at radius 1 is 1.23 bits per heavy atom. The van der Waals surface area contributed by atoms with Gasteiger partial charge in [0.1, 0.15) is 12.4 Å². The normalized spacial score (nSPS) is 19.4. The summed E-state index contributed by atoms with van der Waals surface area (Å²) in [6, 6.07) is 12.7. The highest BCUT2D eigenvalue weighted by Gasteiger charge is 2.36. The first-order valence-corrected chi connectivity index (χ1v) is 11.5. The number of methoxy groups -OCH3 is 2. The van der Waals surface area contributed by atoms with E-state index in [0.29, 0.717) is 17.8 Å². The van der Waals surface area contributed by atoms with Gasteiger partial charge in [0, 0.05) is 50.6 Å². The summed E-state index contributed by atoms with van der Waals surface area (Å²) in [5.41, 5.74) is 1.29. The second kappa shape index (κ2) is 10.9. The summed E-state index contributed by atoms with van der Waals surface area (Å²) in [5.74, 6) is 2.12. The number of amides is 1. The maximum Gasteiger partial charge on any atom is 0.248 e. The quantitative estimate of drug-likeness (QED) is 0.569. The van der Waals surface area contributed by atoms with Gasteiger partial charge in [-0.25, -0.2) is 0 Å². The molecule has 0 unspecified atom stereocenters. The zero-order chi connectivity index (χ0) is 21.5. The smallest absolute Gasteiger partial charge is 0.248 e. The van der Waals surface area contributed by atoms with Crippen molar-refractivity contribution in [2.24, 2.45) is 11.8 Å². The highest BCUT2D eigenvalue weighted by atomic mass is 32.1. The molecule has 30 heavy (non-hydrogen) atoms. The number of thiophene rings is 1. The van der Waals surface area contributed by atoms with Crippen LogP contribution in [0.15, 0.2) is 41.8 Å². The van der Waals surface area contributed by atoms with Crippen molar-refractivity contribution >= 4 is 17.2 Å². The number of likely N-dealkylation sites (tertiary alicyclic amines) is 1. The van der Waals surface area contributed by atoms with Crippen LogP contribution in [0.2, 0.25) is 0 Å². The molecule has 1 aromatic carbocycles. The molecule has 1 aromatic heterocycles. The van der Waals surface area contributed by atoms with E-state index in [4.69, 9.17) is 9.47 Å². The van der Waals surface area contributed by atoms with Crippen LogP contribution in [-0.2, 0) is 16.1 Å². The monoisotopic (exact) mass is 430 g/mol. The fourth-order valence-electron chi connectivity index (χ4n) is 4.36. The SMILES string of the molecule is COCC(=O)N(CC(C)C)C[C@H]1CN(Cc2cccs2)C[C@@H]1c1cccc(OC)c1. The lowest BCUT2D eigenvalue weighted by molar-refractivity contribution is -0.136. The Morgan fingerprint density at radius 3 is 2.73 bits per heavy atom. The van der Waals surface area contributed by atoms with Crippen molar-refractivity contribution in [1.29, 1.82) is 0 Å². The Labute approximate surface area is 184 Å². The van der Waals surface area contributed by atoms with Crippen molar-refractivity contribution in [3.8, 4) is 5.75 Å². The van der Waals surface area contributed by atoms with Crippen molar-refractivity contribution in [1.82, 2.24) is 9.80 Å². The molecule has 3 rings (SSSR count). The van der Waals surface area contributed by atoms with Gasteiger partial charge < -0.3 is 14.4 Å². The first-order chi connectivity index (χ1) is 14.5. The molecule has 1 amide bonds. The average Bonchev–Trinajstić information content (AvgIpc) is 3.37. The summed E-state index contributed by atoms with van der Waals surface area (Å²) in [6.07, 6.45) is 0. The molecular weight excluding hydrogens is 396 g/mol. The number of carbonyl (C=O) groups is 1. The molecule has 5 nitrogen and oxygen atoms in total. The molecule has 1 fully saturated rings. The molecule has 2 aromatic rings. The second-order valence-electron chi connectivity index (χ2n) is 8.54. The van der Waals surface area contributed by atoms with E-state index in [9.17, 15) is 4.79 Å². The minimum Gasteiger partial charge on any atom is -0.497 e. The third-order valence-electron chi connectivity index (χ3n) is 5.66. The van der Waals surface area contributed by atoms with E-state index in [0.717, 1.165) is 38.5 Å². The van der Waals surface area contributed by atoms with Crippen LogP contribution in [0.4, 0.5) is 0 Å². The van der Waals surface area contributed by atoms with Gasteiger partial charge in [0.2, 0.25) is 5.91 Å². The largest absolute Gasteiger partial charge is 0.497 e. The van der Waals surface area contributed by atoms with Crippen LogP contribution >= 0.6 is 11.3 Å². The molecule has 0 saturated carbocycles. The molecule has 1 aliphatic heterocycles. The van der Waals surface area contributed by atoms with E-state index in [2.05, 4.69) is 54.5 Å². The molecule has 1 aliphatic rings. The van der Waals surface area contributed by atoms with Crippen LogP contribution in [0.5, 0.6) is 5.75 Å². The van der Waals surface area contributed by atoms with E-state index in [1.165, 1.54) is 10.4 Å². The van der Waals surface area contributed by atoms with Gasteiger partial charge in [-0.3, -0.25) is 9.69 Å². The lowest BCUT2D eigenvalue weighted by atomic mass is 9.88. The number of ether oxygens (including phenoxy) is 2. The summed E-state index contributed by atoms with van der Waals surface area (Å²) in [5, 5.41) is 2.14. The van der Waals surface area contributed by atoms with Gasteiger partial charge in [0.25, 0.3) is 0 Å². The lowest BCUT2D eigenvalue weighted by Gasteiger charge is -2.30. The predicted octanol–water partition coefficient (Wildman–Crippen LogP) is 4.10. The minimum absolute atomic E-state index is 0.0762. The topological polar surface area (TPSA) is 42.0 Å². The second-order valence-corrected chi connectivity index (χ2v) is 9.57. The molecular formula is C24H34N2O3S. The standard InChI is InChI=1S/C24H34N2O3S/c1-18(2)12-26(24(27)17-28-3)14-20-13-25(15-22-9-6-10-30-22)16-23(20)19-7-5-8-21(11-19)29-4/h5-11,18,20,23H,12-17H2,1-4H3/t20-,23-/m1/s1. The number of rotatable bonds is 10. The first-order valence-electron chi connectivity index (χ1n) is 10.7. The Bertz CT molecular complexity index is 794. The molecule has 6 heteroatoms. The fraction of sp³-hybridized carbons (Fsp3) is 0.542. The Balaban J connectivity index is 1.81. The molecule has 2 heterocycles. The van der Waals surface area contributed by atoms with E-state index in [-0.39, 0.29) is 12.5 Å². The molecule has 0 bridgehead atoms. The highest BCUT2D eigenvalue weighted by Crippen LogP contribution is 2.36. The lowest BCUT2D eigenvalue weighted by Crippen LogP contribution is -2.41. The first kappa shape index (κ1) is 22.8. The number of carbonyl (C=O) groups excluding carboxylic acids is 1. The number of hydrogen-bond donors (Lipinski definition) is 0. The maximum atomic E-state index is 12.7. The molecule has 0 aliphatic carbocycles. The van der Waals surface area contributed by atoms with Crippen molar-refractivity contribution in [3.63, 3.8) is 0 Å². The van der Waals surface area contributed by atoms with Crippen LogP contribution in [0.1, 0.15) is 30.2 Å². The zero-order valence-electron chi connectivity index (χ0n) is 18.5. The fourth-order valence-corrected chi connectivity index (χ4v) is 5.11. The summed E-state index contributed by atoms with van der Waals surface area (Å²) in [4.78, 5) is 18.6. The van der Waals surface area contributed by atoms with E-state index in [1.54, 1.807) is 25.6 Å². The minimum atomic E-state index is 0.0762. The van der Waals surface area contributed by atoms with Gasteiger partial charge in [0.15, 0.2) is 0 Å². The van der Waals surface area contributed by atoms with Crippen LogP contribution in [0.3, 0.4) is 0 Å². The third-order valence-corrected chi connectivity index (χ3v) is 6.52. The average molecular weight is 431 g/mol. The van der Waals surface area contributed by atoms with Crippen LogP contribution in [0, 0.1) is 11.8 Å². The Kier molecular flexibility index (Phi) is 8.31. The zero-order valence-corrected chi connectivity index (χ0v) is 19.4. The molecule has 164 valence electrons. The Morgan fingerprint density at radius 2 is 2.07 bits per heavy atom. The van der Waals surface area contributed by atoms with Crippen molar-refractivity contribution in [3.05, 3.63) is 52.2 Å². The summed E-state index contributed by atoms with van der Waals surface area (Å²) >= 11 is 1.81. The number of nitrogens with zero attached hydrogens (tertiary/aromatic N) is 2. The van der Waals surface area contributed by atoms with Gasteiger partial charge in [-0.05, 0) is 41.0 Å². The van der Waals surface area contributed by atoms with Gasteiger partial charge in [-0.1, -0.05) is 32.0 Å². The van der Waals surface area contributed by atoms with Crippen molar-refractivity contribution < 1.29 is 14.3 Å². The number of hydrogen-bond acceptors (Lipinski definition) is 5. The van der Waals surface area contributed by atoms with E-state index in [1.807, 2.05) is 11.0 Å². The van der Waals surface area contributed by atoms with E-state index >= 15 is 0 Å². The predicted molar refractivity (Wildman–Crippen MR) is 122 cm³/mol. The van der Waals surface area contributed by atoms with Gasteiger partial charge in [0.05, 0.1) is 7.11 Å². The molecule has 2 atom stereocenters. The summed E-state index contributed by atoms with van der Waals surface area (Å²) in [7, 11) is 3.30. The van der Waals surface area contributed by atoms with Crippen molar-refractivity contribution in [2.75, 3.05) is 47.0 Å². The van der Waals surface area contributed by atoms with E-state index < -0.39 is 0 Å². The number of benzene rings is 1. The molecule has 0 radical (unpaired) electrons. The van der Waals surface area contributed by atoms with Gasteiger partial charge in [-0.2, -0.15) is 0 Å². The van der Waals surface area contributed by atoms with Gasteiger partial charge >= 0.3 is 0 Å². The molecule has 1 saturated heterocycles. The summed E-state index contributed by atoms with van der Waals surface area (Å²) in [6.45, 7) is 8.90. The van der Waals surface area contributed by atoms with Crippen LogP contribution in [-0.4, -0.2) is 62.7 Å². The molecule has 0 N–H and O–H groups in total. The highest BCUT2D eigenvalue weighted by molar-refractivity contribution is 7.09. The third kappa shape index (κ3) is 6.06. The van der Waals surface area contributed by atoms with Crippen LogP contribution < -0.4 is 4.74 Å². The maximum absolute atomic E-state index is 12.7. The molecule has 0 spiro atoms. The summed E-state index contributed by atoms with van der Waals surface area (Å²) < 4.78 is 10.6. The van der Waals surface area contributed by atoms with Crippen molar-refractivity contribution in [2.45, 2.75) is 26.3 Å².